The van der Waals surface area contributed by atoms with E-state index >= 15 is 0 Å². The molecule has 4 N–H and O–H groups in total. The van der Waals surface area contributed by atoms with Gasteiger partial charge >= 0.3 is 0 Å². The minimum Gasteiger partial charge on any atom is -0.508 e. The van der Waals surface area contributed by atoms with Crippen LogP contribution in [0, 0.1) is 5.92 Å². The number of amides is 1. The van der Waals surface area contributed by atoms with Crippen LogP contribution in [-0.2, 0) is 0 Å². The van der Waals surface area contributed by atoms with Crippen molar-refractivity contribution in [3.05, 3.63) is 65.2 Å². The maximum Gasteiger partial charge on any atom is 0.253 e. The summed E-state index contributed by atoms with van der Waals surface area (Å²) in [5.41, 5.74) is 3.25. The van der Waals surface area contributed by atoms with Gasteiger partial charge in [-0.05, 0) is 36.1 Å². The van der Waals surface area contributed by atoms with Crippen LogP contribution in [0.15, 0.2) is 48.6 Å². The molecule has 25 heavy (non-hydrogen) atoms. The van der Waals surface area contributed by atoms with E-state index in [1.165, 1.54) is 6.07 Å². The molecule has 2 aliphatic rings. The van der Waals surface area contributed by atoms with Crippen molar-refractivity contribution in [1.82, 2.24) is 5.32 Å². The number of benzene rings is 2. The highest BCUT2D eigenvalue weighted by Crippen LogP contribution is 2.52. The Balaban J connectivity index is 1.84. The molecule has 2 aromatic rings. The molecule has 3 unspecified atom stereocenters. The smallest absolute Gasteiger partial charge is 0.253 e. The molecule has 0 saturated heterocycles. The van der Waals surface area contributed by atoms with Gasteiger partial charge in [0.25, 0.3) is 5.91 Å². The van der Waals surface area contributed by atoms with Crippen molar-refractivity contribution >= 4 is 11.6 Å². The van der Waals surface area contributed by atoms with E-state index in [1.54, 1.807) is 25.2 Å². The predicted molar refractivity (Wildman–Crippen MR) is 96.0 cm³/mol. The third kappa shape index (κ3) is 2.43. The maximum atomic E-state index is 12.3. The molecule has 2 aromatic carbocycles. The van der Waals surface area contributed by atoms with Gasteiger partial charge in [-0.15, -0.1) is 0 Å². The van der Waals surface area contributed by atoms with Crippen molar-refractivity contribution in [3.63, 3.8) is 0 Å². The van der Waals surface area contributed by atoms with Gasteiger partial charge in [-0.3, -0.25) is 4.79 Å². The van der Waals surface area contributed by atoms with Crippen molar-refractivity contribution in [2.45, 2.75) is 18.4 Å². The van der Waals surface area contributed by atoms with E-state index in [0.717, 1.165) is 23.2 Å². The maximum absolute atomic E-state index is 12.3. The highest BCUT2D eigenvalue weighted by molar-refractivity contribution is 6.00. The predicted octanol–water partition coefficient (Wildman–Crippen LogP) is 3.28. The number of hydrogen-bond donors (Lipinski definition) is 4. The third-order valence-corrected chi connectivity index (χ3v) is 5.22. The molecule has 128 valence electrons. The zero-order valence-electron chi connectivity index (χ0n) is 13.9. The first-order chi connectivity index (χ1) is 12.1. The quantitative estimate of drug-likeness (QED) is 0.634. The first-order valence-electron chi connectivity index (χ1n) is 8.40. The van der Waals surface area contributed by atoms with E-state index < -0.39 is 0 Å². The van der Waals surface area contributed by atoms with E-state index in [1.807, 2.05) is 6.07 Å². The number of carbonyl (C=O) groups excluding carboxylic acids is 1. The molecule has 3 atom stereocenters. The normalized spacial score (nSPS) is 23.5. The lowest BCUT2D eigenvalue weighted by Gasteiger charge is -2.38. The Kier molecular flexibility index (Phi) is 3.64. The lowest BCUT2D eigenvalue weighted by atomic mass is 9.76. The van der Waals surface area contributed by atoms with Gasteiger partial charge < -0.3 is 20.8 Å². The highest BCUT2D eigenvalue weighted by atomic mass is 16.3. The minimum absolute atomic E-state index is 0.0320. The Bertz CT molecular complexity index is 875. The molecule has 0 bridgehead atoms. The van der Waals surface area contributed by atoms with Crippen LogP contribution in [0.5, 0.6) is 11.5 Å². The van der Waals surface area contributed by atoms with Crippen LogP contribution < -0.4 is 10.6 Å². The molecule has 0 saturated carbocycles. The molecular formula is C20H20N2O3. The summed E-state index contributed by atoms with van der Waals surface area (Å²) >= 11 is 0. The Morgan fingerprint density at radius 3 is 2.80 bits per heavy atom. The number of allylic oxidation sites excluding steroid dienone is 2. The van der Waals surface area contributed by atoms with Crippen LogP contribution in [-0.4, -0.2) is 23.2 Å². The molecule has 0 radical (unpaired) electrons. The Morgan fingerprint density at radius 1 is 1.20 bits per heavy atom. The molecule has 5 heteroatoms. The monoisotopic (exact) mass is 336 g/mol. The highest BCUT2D eigenvalue weighted by Gasteiger charge is 2.40. The van der Waals surface area contributed by atoms with Gasteiger partial charge in [0.1, 0.15) is 11.5 Å². The van der Waals surface area contributed by atoms with Crippen LogP contribution in [0.2, 0.25) is 0 Å². The number of anilines is 1. The first-order valence-corrected chi connectivity index (χ1v) is 8.40. The molecule has 0 aromatic heterocycles. The second-order valence-electron chi connectivity index (χ2n) is 6.57. The number of phenols is 2. The van der Waals surface area contributed by atoms with E-state index in [0.29, 0.717) is 5.56 Å². The Labute approximate surface area is 146 Å². The Morgan fingerprint density at radius 2 is 2.04 bits per heavy atom. The van der Waals surface area contributed by atoms with Crippen molar-refractivity contribution in [2.75, 3.05) is 12.4 Å². The topological polar surface area (TPSA) is 81.6 Å². The first kappa shape index (κ1) is 15.6. The third-order valence-electron chi connectivity index (χ3n) is 5.22. The second kappa shape index (κ2) is 5.84. The zero-order valence-corrected chi connectivity index (χ0v) is 13.9. The molecular weight excluding hydrogens is 316 g/mol. The minimum atomic E-state index is -0.140. The van der Waals surface area contributed by atoms with Gasteiger partial charge in [0.2, 0.25) is 0 Å². The largest absolute Gasteiger partial charge is 0.508 e. The van der Waals surface area contributed by atoms with Crippen molar-refractivity contribution in [3.8, 4) is 11.5 Å². The van der Waals surface area contributed by atoms with Gasteiger partial charge in [-0.2, -0.15) is 0 Å². The number of phenolic OH excluding ortho intramolecular Hbond substituents is 2. The summed E-state index contributed by atoms with van der Waals surface area (Å²) in [6.07, 6.45) is 5.23. The molecule has 1 aliphatic heterocycles. The number of aromatic hydroxyl groups is 2. The molecule has 0 spiro atoms. The molecule has 1 amide bonds. The number of rotatable bonds is 2. The molecule has 4 rings (SSSR count). The summed E-state index contributed by atoms with van der Waals surface area (Å²) in [6.45, 7) is 0. The lowest BCUT2D eigenvalue weighted by molar-refractivity contribution is 0.0963. The van der Waals surface area contributed by atoms with E-state index in [9.17, 15) is 15.0 Å². The molecule has 1 aliphatic carbocycles. The van der Waals surface area contributed by atoms with Crippen LogP contribution in [0.4, 0.5) is 5.69 Å². The van der Waals surface area contributed by atoms with Crippen molar-refractivity contribution in [1.29, 1.82) is 0 Å². The fraction of sp³-hybridized carbons (Fsp3) is 0.250. The molecule has 0 fully saturated rings. The number of hydrogen-bond acceptors (Lipinski definition) is 4. The standard InChI is InChI=1S/C20H20N2O3/c1-21-20(25)16-7-3-6-14-12-4-2-5-13(12)18(22-19(14)16)15-9-8-11(23)10-17(15)24/h2-4,6-10,12-13,18,22-24H,5H2,1H3,(H,21,25). The molecule has 1 heterocycles. The van der Waals surface area contributed by atoms with Crippen LogP contribution in [0.3, 0.4) is 0 Å². The fourth-order valence-electron chi connectivity index (χ4n) is 4.05. The summed E-state index contributed by atoms with van der Waals surface area (Å²) in [6, 6.07) is 10.3. The number of para-hydroxylation sites is 1. The van der Waals surface area contributed by atoms with Crippen molar-refractivity contribution in [2.24, 2.45) is 5.92 Å². The average Bonchev–Trinajstić information content (AvgIpc) is 3.10. The summed E-state index contributed by atoms with van der Waals surface area (Å²) in [4.78, 5) is 12.3. The van der Waals surface area contributed by atoms with E-state index in [-0.39, 0.29) is 35.3 Å². The van der Waals surface area contributed by atoms with Crippen LogP contribution in [0.1, 0.15) is 39.9 Å². The Hall–Kier alpha value is -2.95. The van der Waals surface area contributed by atoms with Crippen molar-refractivity contribution < 1.29 is 15.0 Å². The van der Waals surface area contributed by atoms with Crippen LogP contribution >= 0.6 is 0 Å². The lowest BCUT2D eigenvalue weighted by Crippen LogP contribution is -2.31. The number of nitrogens with one attached hydrogen (secondary N) is 2. The summed E-state index contributed by atoms with van der Waals surface area (Å²) < 4.78 is 0. The van der Waals surface area contributed by atoms with E-state index in [2.05, 4.69) is 28.9 Å². The second-order valence-corrected chi connectivity index (χ2v) is 6.57. The SMILES string of the molecule is CNC(=O)c1cccc2c1NC(c1ccc(O)cc1O)C1CC=CC21. The van der Waals surface area contributed by atoms with Gasteiger partial charge in [-0.1, -0.05) is 24.3 Å². The fourth-order valence-corrected chi connectivity index (χ4v) is 4.05. The van der Waals surface area contributed by atoms with Gasteiger partial charge in [0.05, 0.1) is 17.3 Å². The average molecular weight is 336 g/mol. The summed E-state index contributed by atoms with van der Waals surface area (Å²) in [7, 11) is 1.62. The van der Waals surface area contributed by atoms with Gasteiger partial charge in [0.15, 0.2) is 0 Å². The number of carbonyl (C=O) groups is 1. The van der Waals surface area contributed by atoms with Gasteiger partial charge in [-0.25, -0.2) is 0 Å². The van der Waals surface area contributed by atoms with E-state index in [4.69, 9.17) is 0 Å². The van der Waals surface area contributed by atoms with Crippen LogP contribution in [0.25, 0.3) is 0 Å². The number of fused-ring (bicyclic) bond motifs is 3. The molecule has 5 nitrogen and oxygen atoms in total. The zero-order chi connectivity index (χ0) is 17.6. The van der Waals surface area contributed by atoms with Gasteiger partial charge in [0, 0.05) is 24.6 Å². The summed E-state index contributed by atoms with van der Waals surface area (Å²) in [5, 5.41) is 26.1. The summed E-state index contributed by atoms with van der Waals surface area (Å²) in [5.74, 6) is 0.397.